The summed E-state index contributed by atoms with van der Waals surface area (Å²) in [6.45, 7) is 1.07. The maximum atomic E-state index is 12.7. The van der Waals surface area contributed by atoms with Gasteiger partial charge in [0.15, 0.2) is 0 Å². The Labute approximate surface area is 203 Å². The van der Waals surface area contributed by atoms with Gasteiger partial charge in [-0.2, -0.15) is 18.3 Å². The van der Waals surface area contributed by atoms with Crippen molar-refractivity contribution in [3.63, 3.8) is 0 Å². The van der Waals surface area contributed by atoms with Gasteiger partial charge in [-0.25, -0.2) is 15.1 Å². The quantitative estimate of drug-likeness (QED) is 0.363. The standard InChI is InChI=1S/C23H23F3N6O4/c24-23(25,26)16-10-27-22(28-11-16)32-7-6-31(13-17(32)14-33)20(34)5-9-36-8-4-15-2-1-3-18-19(15)12-29-30-21(18)35/h1-3,10-12,14,17H,4-9,13H2,(H,30,35). The molecule has 2 aromatic heterocycles. The van der Waals surface area contributed by atoms with Crippen molar-refractivity contribution in [2.45, 2.75) is 25.1 Å². The van der Waals surface area contributed by atoms with Crippen molar-refractivity contribution in [1.29, 1.82) is 0 Å². The van der Waals surface area contributed by atoms with Crippen molar-refractivity contribution in [3.8, 4) is 0 Å². The highest BCUT2D eigenvalue weighted by atomic mass is 19.4. The number of rotatable bonds is 8. The van der Waals surface area contributed by atoms with Crippen LogP contribution in [-0.2, 0) is 26.9 Å². The van der Waals surface area contributed by atoms with Crippen LogP contribution in [0, 0.1) is 0 Å². The Morgan fingerprint density at radius 3 is 2.64 bits per heavy atom. The van der Waals surface area contributed by atoms with Gasteiger partial charge in [0, 0.05) is 37.4 Å². The Balaban J connectivity index is 1.25. The molecule has 1 unspecified atom stereocenters. The second-order valence-corrected chi connectivity index (χ2v) is 8.20. The molecule has 0 radical (unpaired) electrons. The lowest BCUT2D eigenvalue weighted by Gasteiger charge is -2.39. The van der Waals surface area contributed by atoms with E-state index in [-0.39, 0.29) is 50.1 Å². The Morgan fingerprint density at radius 2 is 1.92 bits per heavy atom. The monoisotopic (exact) mass is 504 g/mol. The van der Waals surface area contributed by atoms with E-state index in [0.29, 0.717) is 37.1 Å². The third-order valence-corrected chi connectivity index (χ3v) is 5.93. The fourth-order valence-electron chi connectivity index (χ4n) is 4.02. The van der Waals surface area contributed by atoms with Crippen LogP contribution < -0.4 is 10.5 Å². The second-order valence-electron chi connectivity index (χ2n) is 8.20. The van der Waals surface area contributed by atoms with Crippen LogP contribution in [0.1, 0.15) is 17.5 Å². The number of fused-ring (bicyclic) bond motifs is 1. The number of aromatic amines is 1. The fraction of sp³-hybridized carbons (Fsp3) is 0.391. The normalized spacial score (nSPS) is 16.4. The van der Waals surface area contributed by atoms with Gasteiger partial charge in [0.25, 0.3) is 5.56 Å². The largest absolute Gasteiger partial charge is 0.419 e. The van der Waals surface area contributed by atoms with E-state index >= 15 is 0 Å². The van der Waals surface area contributed by atoms with Crippen molar-refractivity contribution < 1.29 is 27.5 Å². The fourth-order valence-corrected chi connectivity index (χ4v) is 4.02. The summed E-state index contributed by atoms with van der Waals surface area (Å²) in [6, 6.07) is 4.62. The topological polar surface area (TPSA) is 121 Å². The number of hydrogen-bond donors (Lipinski definition) is 1. The number of carbonyl (C=O) groups is 2. The number of aldehydes is 1. The zero-order valence-corrected chi connectivity index (χ0v) is 19.1. The number of nitrogens with zero attached hydrogens (tertiary/aromatic N) is 5. The molecule has 0 aliphatic carbocycles. The van der Waals surface area contributed by atoms with Crippen molar-refractivity contribution in [1.82, 2.24) is 25.1 Å². The summed E-state index contributed by atoms with van der Waals surface area (Å²) in [5.74, 6) is -0.197. The van der Waals surface area contributed by atoms with Gasteiger partial charge in [-0.3, -0.25) is 9.59 Å². The number of hydrogen-bond acceptors (Lipinski definition) is 8. The summed E-state index contributed by atoms with van der Waals surface area (Å²) in [5.41, 5.74) is -0.333. The van der Waals surface area contributed by atoms with E-state index in [0.717, 1.165) is 10.9 Å². The van der Waals surface area contributed by atoms with Gasteiger partial charge in [-0.1, -0.05) is 12.1 Å². The highest BCUT2D eigenvalue weighted by molar-refractivity contribution is 5.83. The van der Waals surface area contributed by atoms with E-state index in [1.807, 2.05) is 6.07 Å². The number of halogens is 3. The molecule has 10 nitrogen and oxygen atoms in total. The molecule has 0 spiro atoms. The number of ether oxygens (including phenoxy) is 1. The molecule has 0 saturated carbocycles. The molecular formula is C23H23F3N6O4. The molecule has 1 fully saturated rings. The average molecular weight is 504 g/mol. The lowest BCUT2D eigenvalue weighted by Crippen LogP contribution is -2.56. The van der Waals surface area contributed by atoms with Gasteiger partial charge >= 0.3 is 6.18 Å². The summed E-state index contributed by atoms with van der Waals surface area (Å²) < 4.78 is 43.8. The number of carbonyl (C=O) groups excluding carboxylic acids is 2. The first-order valence-corrected chi connectivity index (χ1v) is 11.2. The Kier molecular flexibility index (Phi) is 7.58. The molecule has 1 atom stereocenters. The van der Waals surface area contributed by atoms with Gasteiger partial charge in [0.05, 0.1) is 36.8 Å². The predicted molar refractivity (Wildman–Crippen MR) is 122 cm³/mol. The van der Waals surface area contributed by atoms with Gasteiger partial charge in [0.2, 0.25) is 11.9 Å². The van der Waals surface area contributed by atoms with Crippen LogP contribution in [0.2, 0.25) is 0 Å². The average Bonchev–Trinajstić information content (AvgIpc) is 2.88. The first-order valence-electron chi connectivity index (χ1n) is 11.2. The lowest BCUT2D eigenvalue weighted by atomic mass is 10.1. The van der Waals surface area contributed by atoms with Crippen LogP contribution in [0.3, 0.4) is 0 Å². The second kappa shape index (κ2) is 10.8. The molecule has 36 heavy (non-hydrogen) atoms. The maximum absolute atomic E-state index is 12.7. The summed E-state index contributed by atoms with van der Waals surface area (Å²) in [7, 11) is 0. The number of H-pyrrole nitrogens is 1. The number of amides is 1. The van der Waals surface area contributed by atoms with Crippen molar-refractivity contribution in [3.05, 3.63) is 58.3 Å². The number of nitrogens with one attached hydrogen (secondary N) is 1. The van der Waals surface area contributed by atoms with Gasteiger partial charge in [0.1, 0.15) is 12.3 Å². The van der Waals surface area contributed by atoms with Crippen molar-refractivity contribution >= 4 is 28.9 Å². The number of alkyl halides is 3. The lowest BCUT2D eigenvalue weighted by molar-refractivity contribution is -0.138. The van der Waals surface area contributed by atoms with Gasteiger partial charge < -0.3 is 19.3 Å². The Hall–Kier alpha value is -3.87. The van der Waals surface area contributed by atoms with Crippen LogP contribution in [0.4, 0.5) is 19.1 Å². The minimum atomic E-state index is -4.55. The highest BCUT2D eigenvalue weighted by Crippen LogP contribution is 2.28. The first kappa shape index (κ1) is 25.2. The third kappa shape index (κ3) is 5.67. The van der Waals surface area contributed by atoms with Crippen molar-refractivity contribution in [2.24, 2.45) is 0 Å². The summed E-state index contributed by atoms with van der Waals surface area (Å²) >= 11 is 0. The number of aromatic nitrogens is 4. The first-order chi connectivity index (χ1) is 17.3. The smallest absolute Gasteiger partial charge is 0.381 e. The SMILES string of the molecule is O=CC1CN(C(=O)CCOCCc2cccc3c(=O)[nH]ncc23)CCN1c1ncc(C(F)(F)F)cn1. The third-order valence-electron chi connectivity index (χ3n) is 5.93. The molecule has 13 heteroatoms. The van der Waals surface area contributed by atoms with Crippen LogP contribution >= 0.6 is 0 Å². The van der Waals surface area contributed by atoms with Gasteiger partial charge in [-0.15, -0.1) is 0 Å². The summed E-state index contributed by atoms with van der Waals surface area (Å²) in [5, 5.41) is 7.52. The summed E-state index contributed by atoms with van der Waals surface area (Å²) in [6.07, 6.45) is -0.344. The van der Waals surface area contributed by atoms with Crippen LogP contribution in [-0.4, -0.2) is 76.1 Å². The zero-order chi connectivity index (χ0) is 25.7. The molecule has 1 saturated heterocycles. The number of anilines is 1. The van der Waals surface area contributed by atoms with Crippen LogP contribution in [0.5, 0.6) is 0 Å². The van der Waals surface area contributed by atoms with E-state index in [4.69, 9.17) is 4.74 Å². The minimum Gasteiger partial charge on any atom is -0.381 e. The molecule has 1 aliphatic rings. The summed E-state index contributed by atoms with van der Waals surface area (Å²) in [4.78, 5) is 46.6. The molecule has 3 heterocycles. The number of piperazine rings is 1. The Bertz CT molecular complexity index is 1280. The minimum absolute atomic E-state index is 0.00107. The molecule has 1 amide bonds. The highest BCUT2D eigenvalue weighted by Gasteiger charge is 2.34. The molecule has 3 aromatic rings. The van der Waals surface area contributed by atoms with E-state index in [1.165, 1.54) is 9.80 Å². The van der Waals surface area contributed by atoms with E-state index < -0.39 is 17.8 Å². The maximum Gasteiger partial charge on any atom is 0.419 e. The molecule has 190 valence electrons. The van der Waals surface area contributed by atoms with E-state index in [9.17, 15) is 27.6 Å². The van der Waals surface area contributed by atoms with E-state index in [1.54, 1.807) is 18.3 Å². The zero-order valence-electron chi connectivity index (χ0n) is 19.1. The number of benzene rings is 1. The van der Waals surface area contributed by atoms with Crippen LogP contribution in [0.15, 0.2) is 41.6 Å². The molecule has 1 aliphatic heterocycles. The predicted octanol–water partition coefficient (Wildman–Crippen LogP) is 1.60. The Morgan fingerprint density at radius 1 is 1.14 bits per heavy atom. The van der Waals surface area contributed by atoms with Crippen LogP contribution in [0.25, 0.3) is 10.8 Å². The van der Waals surface area contributed by atoms with E-state index in [2.05, 4.69) is 20.2 Å². The molecular weight excluding hydrogens is 481 g/mol. The molecule has 1 N–H and O–H groups in total. The molecule has 1 aromatic carbocycles. The van der Waals surface area contributed by atoms with Crippen molar-refractivity contribution in [2.75, 3.05) is 37.7 Å². The molecule has 4 rings (SSSR count). The van der Waals surface area contributed by atoms with Gasteiger partial charge in [-0.05, 0) is 18.1 Å². The molecule has 0 bridgehead atoms.